The number of carbonyl (C=O) groups excluding carboxylic acids is 11. The Kier molecular flexibility index (Phi) is 30.4. The molecule has 19 rings (SSSR count). The van der Waals surface area contributed by atoms with Crippen LogP contribution in [0.5, 0.6) is 11.5 Å². The number of carbonyl (C=O) groups is 11. The molecule has 33 heteroatoms. The molecule has 8 aliphatic rings. The van der Waals surface area contributed by atoms with E-state index < -0.39 is 221 Å². The summed E-state index contributed by atoms with van der Waals surface area (Å²) in [6.45, 7) is -0.0592. The molecule has 0 saturated carbocycles. The minimum atomic E-state index is -2.24. The quantitative estimate of drug-likeness (QED) is 0.0197. The number of ether oxygens (including phenoxy) is 18. The molecule has 0 bridgehead atoms. The maximum atomic E-state index is 16.5. The van der Waals surface area contributed by atoms with Gasteiger partial charge in [-0.3, -0.25) is 72.3 Å². The largest absolute Gasteiger partial charge is 0.497 e. The van der Waals surface area contributed by atoms with E-state index in [-0.39, 0.29) is 83.3 Å². The molecule has 8 aliphatic heterocycles. The van der Waals surface area contributed by atoms with Crippen molar-refractivity contribution >= 4 is 65.2 Å². The lowest BCUT2D eigenvalue weighted by molar-refractivity contribution is -0.374. The summed E-state index contributed by atoms with van der Waals surface area (Å²) in [4.78, 5) is 174. The molecule has 8 heterocycles. The van der Waals surface area contributed by atoms with Crippen molar-refractivity contribution in [3.63, 3.8) is 0 Å². The van der Waals surface area contributed by atoms with Gasteiger partial charge in [0.2, 0.25) is 6.29 Å². The topological polar surface area (TPSA) is 367 Å². The summed E-state index contributed by atoms with van der Waals surface area (Å²) in [5.74, 6) is -9.66. The minimum absolute atomic E-state index is 0.0359. The van der Waals surface area contributed by atoms with E-state index in [4.69, 9.17) is 85.3 Å². The number of hydrogen-bond acceptors (Lipinski definition) is 29. The lowest BCUT2D eigenvalue weighted by atomic mass is 9.91. The first-order chi connectivity index (χ1) is 70.2. The van der Waals surface area contributed by atoms with Crippen LogP contribution in [0.25, 0.3) is 0 Å². The second-order valence-electron chi connectivity index (χ2n) is 35.6. The van der Waals surface area contributed by atoms with Crippen LogP contribution in [-0.4, -0.2) is 241 Å². The molecule has 8 amide bonds. The molecule has 0 radical (unpaired) electrons. The summed E-state index contributed by atoms with van der Waals surface area (Å²) in [5.41, 5.74) is 3.19. The van der Waals surface area contributed by atoms with E-state index in [1.54, 1.807) is 176 Å². The van der Waals surface area contributed by atoms with Crippen LogP contribution in [0.15, 0.2) is 303 Å². The smallest absolute Gasteiger partial charge is 0.303 e. The van der Waals surface area contributed by atoms with E-state index >= 15 is 43.2 Å². The van der Waals surface area contributed by atoms with Crippen molar-refractivity contribution in [2.75, 3.05) is 33.5 Å². The molecule has 11 aromatic carbocycles. The molecular formula is C111H102N4O29. The molecule has 0 spiro atoms. The summed E-state index contributed by atoms with van der Waals surface area (Å²) < 4.78 is 126. The van der Waals surface area contributed by atoms with E-state index in [0.29, 0.717) is 33.6 Å². The van der Waals surface area contributed by atoms with Crippen molar-refractivity contribution in [2.45, 2.75) is 183 Å². The second-order valence-corrected chi connectivity index (χ2v) is 35.6. The minimum Gasteiger partial charge on any atom is -0.497 e. The SMILES string of the molecule is COc1ccc(O[C@@H]2O[C@H](COCc3ccccc3)[C@@H](O[C@@H]3O[C@H](COCc4ccccc4)[C@@H](O[C@@H]4O[C@H](COCc5ccccc5)[C@@H](O[C@@H]5O[C@H](COCc6ccccc6)[C@@H](OC(C)=O)[C@H](OC(C)=O)[C@H]5N5C(=O)c6ccccc6C5=O)[C@H](OC(C)=O)[C@H]4N4C(=O)c5ccccc5C4=O)[C@H](OCc4ccccc4)[C@H]3N3C(=O)c4ccccc4C3=O)[C@H](OCc3ccccc3)[C@H]2N2C(=O)c3ccccc3C2=O)cc1. The Morgan fingerprint density at radius 1 is 0.243 bits per heavy atom. The number of fused-ring (bicyclic) bond motifs is 4. The van der Waals surface area contributed by atoms with Crippen LogP contribution in [0.4, 0.5) is 0 Å². The number of esters is 3. The highest BCUT2D eigenvalue weighted by molar-refractivity contribution is 6.24. The molecule has 33 nitrogen and oxygen atoms in total. The van der Waals surface area contributed by atoms with Crippen molar-refractivity contribution in [3.05, 3.63) is 381 Å². The standard InChI is InChI=1S/C111H102N4O29/c1-65(116)134-94-86(63-130-57-70-35-15-7-16-36-70)140-111(90(98(94)135-66(2)117)114-104(123)80-47-27-28-48-81(80)105(114)124)144-95-87(64-131-58-71-37-17-8-18-38-71)141-110(91(99(95)136-67(3)118)115-106(125)82-49-29-30-50-83(82)107(115)126)143-93-85(62-129-56-69-33-13-6-14-34-69)139-109(89(97(93)133-60-73-41-21-10-22-42-73)113-102(121)78-45-25-26-46-79(78)103(113)122)142-92-84(61-128-55-68-31-11-5-12-32-68)138-108(137-75-53-51-74(127-4)52-54-75)88(96(92)132-59-72-39-19-9-20-40-72)112-100(119)76-43-23-24-44-77(76)101(112)120/h5-54,84-99,108-111H,55-64H2,1-4H3/t84-,85-,86-,87-,88-,89-,90-,91-,92-,93-,94-,95-,96-,97-,98-,99-,108-,109+,110+,111+/m1/s1. The van der Waals surface area contributed by atoms with Gasteiger partial charge in [0.15, 0.2) is 37.2 Å². The zero-order valence-corrected chi connectivity index (χ0v) is 78.6. The normalized spacial score (nSPS) is 25.9. The lowest BCUT2D eigenvalue weighted by Gasteiger charge is -2.54. The van der Waals surface area contributed by atoms with Gasteiger partial charge < -0.3 is 85.3 Å². The highest BCUT2D eigenvalue weighted by atomic mass is 16.8. The fourth-order valence-corrected chi connectivity index (χ4v) is 19.7. The van der Waals surface area contributed by atoms with Gasteiger partial charge in [-0.15, -0.1) is 0 Å². The molecule has 0 N–H and O–H groups in total. The highest BCUT2D eigenvalue weighted by Crippen LogP contribution is 2.47. The highest BCUT2D eigenvalue weighted by Gasteiger charge is 2.66. The Morgan fingerprint density at radius 2 is 0.451 bits per heavy atom. The molecule has 0 aromatic heterocycles. The molecule has 4 saturated heterocycles. The molecule has 0 unspecified atom stereocenters. The van der Waals surface area contributed by atoms with Crippen molar-refractivity contribution in [1.29, 1.82) is 0 Å². The summed E-state index contributed by atoms with van der Waals surface area (Å²) >= 11 is 0. The predicted molar refractivity (Wildman–Crippen MR) is 507 cm³/mol. The first kappa shape index (κ1) is 98.3. The maximum Gasteiger partial charge on any atom is 0.303 e. The van der Waals surface area contributed by atoms with Crippen molar-refractivity contribution in [3.8, 4) is 11.5 Å². The van der Waals surface area contributed by atoms with Crippen LogP contribution in [0.2, 0.25) is 0 Å². The molecule has 20 atom stereocenters. The van der Waals surface area contributed by atoms with Crippen LogP contribution < -0.4 is 9.47 Å². The van der Waals surface area contributed by atoms with Gasteiger partial charge in [0, 0.05) is 20.8 Å². The molecule has 4 fully saturated rings. The molecule has 11 aromatic rings. The van der Waals surface area contributed by atoms with E-state index in [9.17, 15) is 9.59 Å². The van der Waals surface area contributed by atoms with Gasteiger partial charge in [-0.2, -0.15) is 0 Å². The summed E-state index contributed by atoms with van der Waals surface area (Å²) in [6, 6.07) is 76.7. The summed E-state index contributed by atoms with van der Waals surface area (Å²) in [7, 11) is 1.50. The number of rotatable bonds is 38. The Hall–Kier alpha value is -14.5. The number of amides is 8. The number of hydrogen-bond donors (Lipinski definition) is 0. The monoisotopic (exact) mass is 1950 g/mol. The van der Waals surface area contributed by atoms with Gasteiger partial charge in [-0.05, 0) is 106 Å². The summed E-state index contributed by atoms with van der Waals surface area (Å²) in [6.07, 6.45) is -29.7. The molecular weight excluding hydrogens is 1850 g/mol. The number of imide groups is 4. The third-order valence-electron chi connectivity index (χ3n) is 26.2. The molecule has 0 aliphatic carbocycles. The van der Waals surface area contributed by atoms with Crippen molar-refractivity contribution in [2.24, 2.45) is 0 Å². The van der Waals surface area contributed by atoms with Gasteiger partial charge in [0.1, 0.15) is 90.6 Å². The fourth-order valence-electron chi connectivity index (χ4n) is 19.7. The van der Waals surface area contributed by atoms with Crippen LogP contribution in [-0.2, 0) is 130 Å². The molecule has 740 valence electrons. The second kappa shape index (κ2) is 44.5. The summed E-state index contributed by atoms with van der Waals surface area (Å²) in [5, 5.41) is 0. The van der Waals surface area contributed by atoms with E-state index in [1.165, 1.54) is 79.9 Å². The number of methoxy groups -OCH3 is 1. The van der Waals surface area contributed by atoms with Gasteiger partial charge in [-0.25, -0.2) is 0 Å². The molecule has 144 heavy (non-hydrogen) atoms. The van der Waals surface area contributed by atoms with E-state index in [1.807, 2.05) is 54.6 Å². The lowest BCUT2D eigenvalue weighted by Crippen LogP contribution is -2.73. The third-order valence-corrected chi connectivity index (χ3v) is 26.2. The number of nitrogens with zero attached hydrogens (tertiary/aromatic N) is 4. The Labute approximate surface area is 827 Å². The van der Waals surface area contributed by atoms with Gasteiger partial charge in [0.25, 0.3) is 47.3 Å². The maximum absolute atomic E-state index is 16.5. The van der Waals surface area contributed by atoms with Gasteiger partial charge >= 0.3 is 17.9 Å². The Bertz CT molecular complexity index is 6330. The van der Waals surface area contributed by atoms with Gasteiger partial charge in [0.05, 0.1) is 118 Å². The first-order valence-electron chi connectivity index (χ1n) is 47.3. The van der Waals surface area contributed by atoms with E-state index in [0.717, 1.165) is 45.9 Å². The average molecular weight is 1960 g/mol. The Morgan fingerprint density at radius 3 is 0.715 bits per heavy atom. The zero-order valence-electron chi connectivity index (χ0n) is 78.6. The third kappa shape index (κ3) is 21.0. The first-order valence-corrected chi connectivity index (χ1v) is 47.3. The van der Waals surface area contributed by atoms with E-state index in [2.05, 4.69) is 0 Å². The predicted octanol–water partition coefficient (Wildman–Crippen LogP) is 12.6. The van der Waals surface area contributed by atoms with Crippen molar-refractivity contribution in [1.82, 2.24) is 19.6 Å². The van der Waals surface area contributed by atoms with Gasteiger partial charge in [-0.1, -0.05) is 231 Å². The van der Waals surface area contributed by atoms with Crippen LogP contribution in [0, 0.1) is 0 Å². The van der Waals surface area contributed by atoms with Crippen molar-refractivity contribution < 1.29 is 138 Å². The van der Waals surface area contributed by atoms with Crippen LogP contribution >= 0.6 is 0 Å². The van der Waals surface area contributed by atoms with Crippen LogP contribution in [0.3, 0.4) is 0 Å². The van der Waals surface area contributed by atoms with Crippen LogP contribution in [0.1, 0.15) is 137 Å². The average Bonchev–Trinajstić information content (AvgIpc) is 1.50. The Balaban J connectivity index is 0.800. The zero-order chi connectivity index (χ0) is 99.6. The fraction of sp³-hybridized carbons (Fsp3) is 0.306. The number of benzene rings is 11.